The summed E-state index contributed by atoms with van der Waals surface area (Å²) in [4.78, 5) is 4.00. The van der Waals surface area contributed by atoms with Crippen molar-refractivity contribution in [3.63, 3.8) is 0 Å². The van der Waals surface area contributed by atoms with Crippen molar-refractivity contribution in [3.05, 3.63) is 31.0 Å². The number of hydrogen-bond donors (Lipinski definition) is 1. The number of methoxy groups -OCH3 is 1. The molecule has 0 saturated heterocycles. The molecular formula is C13H14N2OS. The highest BCUT2D eigenvalue weighted by molar-refractivity contribution is 8.31. The molecule has 1 rings (SSSR count). The van der Waals surface area contributed by atoms with E-state index in [0.29, 0.717) is 17.3 Å². The standard InChI is InChI=1S/C13H14N2OS/c1-5-17(6-2,7-3)10-11-8-9-15-13(16-4)12(11)14/h1,8-9H,2-3,10,14H2,4H3. The van der Waals surface area contributed by atoms with Gasteiger partial charge in [0.1, 0.15) is 0 Å². The Morgan fingerprint density at radius 2 is 2.18 bits per heavy atom. The number of nitrogens with zero attached hydrogens (tertiary/aromatic N) is 1. The molecule has 0 saturated carbocycles. The second-order valence-electron chi connectivity index (χ2n) is 3.18. The van der Waals surface area contributed by atoms with Gasteiger partial charge >= 0.3 is 0 Å². The van der Waals surface area contributed by atoms with Gasteiger partial charge in [0.2, 0.25) is 5.88 Å². The zero-order chi connectivity index (χ0) is 12.9. The lowest BCUT2D eigenvalue weighted by Crippen LogP contribution is -2.00. The highest BCUT2D eigenvalue weighted by Crippen LogP contribution is 2.31. The molecule has 0 spiro atoms. The maximum Gasteiger partial charge on any atom is 0.237 e. The van der Waals surface area contributed by atoms with Crippen LogP contribution in [-0.2, 0) is 5.75 Å². The Labute approximate surface area is 102 Å². The summed E-state index contributed by atoms with van der Waals surface area (Å²) in [7, 11) is -0.252. The van der Waals surface area contributed by atoms with E-state index in [1.165, 1.54) is 7.11 Å². The van der Waals surface area contributed by atoms with E-state index >= 15 is 0 Å². The number of aromatic nitrogens is 1. The van der Waals surface area contributed by atoms with Gasteiger partial charge in [0.15, 0.2) is 0 Å². The van der Waals surface area contributed by atoms with Crippen LogP contribution in [0.25, 0.3) is 0 Å². The number of rotatable bonds is 3. The third-order valence-electron chi connectivity index (χ3n) is 2.30. The number of hydrogen-bond acceptors (Lipinski definition) is 3. The van der Waals surface area contributed by atoms with Crippen LogP contribution in [0.2, 0.25) is 0 Å². The van der Waals surface area contributed by atoms with E-state index < -0.39 is 9.21 Å². The van der Waals surface area contributed by atoms with Gasteiger partial charge in [-0.15, -0.1) is 6.42 Å². The maximum absolute atomic E-state index is 5.93. The zero-order valence-electron chi connectivity index (χ0n) is 9.69. The summed E-state index contributed by atoms with van der Waals surface area (Å²) in [6, 6.07) is 1.80. The normalized spacial score (nSPS) is 9.88. The first kappa shape index (κ1) is 13.0. The van der Waals surface area contributed by atoms with E-state index in [2.05, 4.69) is 33.4 Å². The van der Waals surface area contributed by atoms with Gasteiger partial charge in [-0.3, -0.25) is 0 Å². The number of ether oxygens (including phenoxy) is 1. The number of pyridine rings is 1. The monoisotopic (exact) mass is 246 g/mol. The van der Waals surface area contributed by atoms with E-state index in [9.17, 15) is 0 Å². The lowest BCUT2D eigenvalue weighted by molar-refractivity contribution is 0.400. The third-order valence-corrected chi connectivity index (χ3v) is 4.44. The van der Waals surface area contributed by atoms with E-state index in [1.54, 1.807) is 12.3 Å². The van der Waals surface area contributed by atoms with Crippen LogP contribution in [0, 0.1) is 11.7 Å². The quantitative estimate of drug-likeness (QED) is 0.653. The molecule has 1 heterocycles. The molecule has 1 aromatic heterocycles. The molecule has 0 unspecified atom stereocenters. The van der Waals surface area contributed by atoms with Gasteiger partial charge in [-0.2, -0.15) is 0 Å². The third kappa shape index (κ3) is 2.55. The molecule has 1 aromatic rings. The molecule has 88 valence electrons. The fraction of sp³-hybridized carbons (Fsp3) is 0.154. The van der Waals surface area contributed by atoms with Crippen molar-refractivity contribution >= 4 is 24.9 Å². The molecule has 0 aliphatic heterocycles. The molecule has 0 fully saturated rings. The van der Waals surface area contributed by atoms with Crippen LogP contribution in [0.1, 0.15) is 5.56 Å². The molecule has 0 radical (unpaired) electrons. The van der Waals surface area contributed by atoms with E-state index in [1.807, 2.05) is 0 Å². The van der Waals surface area contributed by atoms with Crippen LogP contribution < -0.4 is 10.5 Å². The number of nitrogen functional groups attached to an aromatic ring is 1. The van der Waals surface area contributed by atoms with Crippen molar-refractivity contribution in [2.75, 3.05) is 12.8 Å². The molecular weight excluding hydrogens is 232 g/mol. The van der Waals surface area contributed by atoms with Crippen molar-refractivity contribution in [2.45, 2.75) is 5.75 Å². The van der Waals surface area contributed by atoms with Crippen molar-refractivity contribution in [2.24, 2.45) is 0 Å². The summed E-state index contributed by atoms with van der Waals surface area (Å²) in [5, 5.41) is 8.32. The summed E-state index contributed by atoms with van der Waals surface area (Å²) in [6.07, 6.45) is 7.11. The molecule has 4 heteroatoms. The Morgan fingerprint density at radius 1 is 1.53 bits per heavy atom. The Bertz CT molecular complexity index is 616. The van der Waals surface area contributed by atoms with E-state index in [-0.39, 0.29) is 0 Å². The minimum Gasteiger partial charge on any atom is -0.480 e. The first-order chi connectivity index (χ1) is 8.12. The molecule has 0 bridgehead atoms. The van der Waals surface area contributed by atoms with Crippen LogP contribution in [0.3, 0.4) is 0 Å². The smallest absolute Gasteiger partial charge is 0.237 e. The fourth-order valence-corrected chi connectivity index (χ4v) is 2.57. The second-order valence-corrected chi connectivity index (χ2v) is 5.76. The Morgan fingerprint density at radius 3 is 2.65 bits per heavy atom. The van der Waals surface area contributed by atoms with Crippen molar-refractivity contribution in [1.82, 2.24) is 4.98 Å². The Balaban J connectivity index is 3.37. The molecule has 3 nitrogen and oxygen atoms in total. The molecule has 0 amide bonds. The summed E-state index contributed by atoms with van der Waals surface area (Å²) in [5.74, 6) is 0.891. The Kier molecular flexibility index (Phi) is 4.09. The number of nitrogens with two attached hydrogens (primary N) is 1. The number of anilines is 1. The van der Waals surface area contributed by atoms with E-state index in [4.69, 9.17) is 16.9 Å². The minimum absolute atomic E-state index is 0.390. The minimum atomic E-state index is -1.77. The molecule has 17 heavy (non-hydrogen) atoms. The van der Waals surface area contributed by atoms with Gasteiger partial charge in [-0.05, 0) is 30.0 Å². The van der Waals surface area contributed by atoms with Gasteiger partial charge < -0.3 is 10.5 Å². The first-order valence-electron chi connectivity index (χ1n) is 4.76. The molecule has 0 aliphatic rings. The van der Waals surface area contributed by atoms with E-state index in [0.717, 1.165) is 5.56 Å². The van der Waals surface area contributed by atoms with Crippen LogP contribution in [0.4, 0.5) is 5.69 Å². The SMILES string of the molecule is C#CS(=C=C)(=C=C)Cc1ccnc(OC)c1N. The summed E-state index contributed by atoms with van der Waals surface area (Å²) in [5.41, 5.74) is 7.25. The fourth-order valence-electron chi connectivity index (χ4n) is 1.29. The molecule has 0 aromatic carbocycles. The average molecular weight is 246 g/mol. The molecule has 0 aliphatic carbocycles. The second kappa shape index (κ2) is 5.34. The van der Waals surface area contributed by atoms with Gasteiger partial charge in [0, 0.05) is 11.9 Å². The predicted octanol–water partition coefficient (Wildman–Crippen LogP) is 1.74. The van der Waals surface area contributed by atoms with Gasteiger partial charge in [-0.1, -0.05) is 19.3 Å². The number of terminal acetylenes is 1. The molecule has 2 N–H and O–H groups in total. The van der Waals surface area contributed by atoms with Gasteiger partial charge in [0.25, 0.3) is 0 Å². The lowest BCUT2D eigenvalue weighted by atomic mass is 10.2. The largest absolute Gasteiger partial charge is 0.480 e. The van der Waals surface area contributed by atoms with Crippen LogP contribution in [0.5, 0.6) is 5.88 Å². The summed E-state index contributed by atoms with van der Waals surface area (Å²) >= 11 is 0. The highest BCUT2D eigenvalue weighted by atomic mass is 32.2. The van der Waals surface area contributed by atoms with Crippen LogP contribution >= 0.6 is 9.21 Å². The van der Waals surface area contributed by atoms with Crippen LogP contribution in [0.15, 0.2) is 25.4 Å². The topological polar surface area (TPSA) is 48.1 Å². The maximum atomic E-state index is 5.93. The zero-order valence-corrected chi connectivity index (χ0v) is 10.5. The highest BCUT2D eigenvalue weighted by Gasteiger charge is 2.09. The van der Waals surface area contributed by atoms with Crippen molar-refractivity contribution in [1.29, 1.82) is 0 Å². The van der Waals surface area contributed by atoms with Gasteiger partial charge in [0.05, 0.1) is 12.8 Å². The Hall–Kier alpha value is -2.04. The average Bonchev–Trinajstić information content (AvgIpc) is 2.38. The van der Waals surface area contributed by atoms with Crippen LogP contribution in [-0.4, -0.2) is 22.1 Å². The first-order valence-corrected chi connectivity index (χ1v) is 6.56. The lowest BCUT2D eigenvalue weighted by Gasteiger charge is -2.10. The molecule has 0 atom stereocenters. The predicted molar refractivity (Wildman–Crippen MR) is 76.6 cm³/mol. The van der Waals surface area contributed by atoms with Crippen molar-refractivity contribution in [3.8, 4) is 17.6 Å². The summed E-state index contributed by atoms with van der Waals surface area (Å²) < 4.78 is 5.05. The van der Waals surface area contributed by atoms with Crippen molar-refractivity contribution < 1.29 is 4.74 Å². The summed E-state index contributed by atoms with van der Waals surface area (Å²) in [6.45, 7) is 7.25. The van der Waals surface area contributed by atoms with Gasteiger partial charge in [-0.25, -0.2) is 4.98 Å².